The molecule has 6 heteroatoms. The van der Waals surface area contributed by atoms with Crippen molar-refractivity contribution < 1.29 is 23.1 Å². The number of ether oxygens (including phenoxy) is 1. The van der Waals surface area contributed by atoms with Crippen molar-refractivity contribution in [2.75, 3.05) is 6.54 Å². The molecule has 0 aliphatic carbocycles. The van der Waals surface area contributed by atoms with Gasteiger partial charge in [-0.05, 0) is 38.0 Å². The summed E-state index contributed by atoms with van der Waals surface area (Å²) in [5, 5.41) is 0. The van der Waals surface area contributed by atoms with Gasteiger partial charge in [0.15, 0.2) is 0 Å². The maximum absolute atomic E-state index is 12.4. The highest BCUT2D eigenvalue weighted by Gasteiger charge is 2.30. The number of likely N-dealkylation sites (tertiary alicyclic amines) is 1. The predicted octanol–water partition coefficient (Wildman–Crippen LogP) is 2.87. The average Bonchev–Trinajstić information content (AvgIpc) is 2.84. The lowest BCUT2D eigenvalue weighted by Crippen LogP contribution is -2.36. The molecule has 1 aromatic carbocycles. The monoisotopic (exact) mass is 297 g/mol. The topological polar surface area (TPSA) is 46.6 Å². The Kier molecular flexibility index (Phi) is 4.88. The number of carbonyl (C=O) groups is 2. The minimum atomic E-state index is -2.92. The summed E-state index contributed by atoms with van der Waals surface area (Å²) in [6.07, 6.45) is 1.97. The van der Waals surface area contributed by atoms with Crippen LogP contribution in [0.2, 0.25) is 0 Å². The lowest BCUT2D eigenvalue weighted by atomic mass is 10.1. The molecule has 114 valence electrons. The van der Waals surface area contributed by atoms with Gasteiger partial charge in [0.05, 0.1) is 0 Å². The van der Waals surface area contributed by atoms with Gasteiger partial charge in [0.2, 0.25) is 0 Å². The number of amides is 1. The zero-order chi connectivity index (χ0) is 15.4. The van der Waals surface area contributed by atoms with Crippen LogP contribution in [0.15, 0.2) is 24.3 Å². The Labute approximate surface area is 121 Å². The van der Waals surface area contributed by atoms with Crippen molar-refractivity contribution in [2.45, 2.75) is 38.8 Å². The number of halogens is 2. The van der Waals surface area contributed by atoms with E-state index in [1.165, 1.54) is 25.1 Å². The smallest absolute Gasteiger partial charge is 0.387 e. The van der Waals surface area contributed by atoms with Crippen LogP contribution in [0.3, 0.4) is 0 Å². The first-order chi connectivity index (χ1) is 9.97. The number of benzene rings is 1. The van der Waals surface area contributed by atoms with Gasteiger partial charge in [-0.3, -0.25) is 9.59 Å². The van der Waals surface area contributed by atoms with Gasteiger partial charge in [-0.2, -0.15) is 8.78 Å². The van der Waals surface area contributed by atoms with Crippen LogP contribution < -0.4 is 4.74 Å². The van der Waals surface area contributed by atoms with Crippen LogP contribution in [0.5, 0.6) is 5.75 Å². The third-order valence-corrected chi connectivity index (χ3v) is 3.47. The van der Waals surface area contributed by atoms with Gasteiger partial charge in [0.25, 0.3) is 5.91 Å². The van der Waals surface area contributed by atoms with Gasteiger partial charge in [-0.25, -0.2) is 0 Å². The molecular formula is C15H17F2NO3. The number of nitrogens with zero attached hydrogens (tertiary/aromatic N) is 1. The molecule has 1 unspecified atom stereocenters. The molecule has 1 aromatic rings. The fraction of sp³-hybridized carbons (Fsp3) is 0.467. The van der Waals surface area contributed by atoms with E-state index in [-0.39, 0.29) is 23.5 Å². The summed E-state index contributed by atoms with van der Waals surface area (Å²) in [6, 6.07) is 5.64. The Morgan fingerprint density at radius 3 is 2.86 bits per heavy atom. The zero-order valence-corrected chi connectivity index (χ0v) is 11.7. The first-order valence-corrected chi connectivity index (χ1v) is 6.82. The fourth-order valence-electron chi connectivity index (χ4n) is 2.62. The van der Waals surface area contributed by atoms with E-state index in [2.05, 4.69) is 4.74 Å². The van der Waals surface area contributed by atoms with Crippen LogP contribution in [-0.2, 0) is 4.79 Å². The van der Waals surface area contributed by atoms with E-state index in [0.29, 0.717) is 18.5 Å². The van der Waals surface area contributed by atoms with Crippen molar-refractivity contribution in [1.82, 2.24) is 4.90 Å². The summed E-state index contributed by atoms with van der Waals surface area (Å²) >= 11 is 0. The summed E-state index contributed by atoms with van der Waals surface area (Å²) in [5.41, 5.74) is 0.295. The molecule has 0 N–H and O–H groups in total. The van der Waals surface area contributed by atoms with E-state index >= 15 is 0 Å². The Hall–Kier alpha value is -1.98. The molecule has 0 radical (unpaired) electrons. The highest BCUT2D eigenvalue weighted by Crippen LogP contribution is 2.24. The molecule has 1 aliphatic rings. The number of hydrogen-bond acceptors (Lipinski definition) is 3. The van der Waals surface area contributed by atoms with Gasteiger partial charge in [-0.1, -0.05) is 6.07 Å². The highest BCUT2D eigenvalue weighted by atomic mass is 19.3. The predicted molar refractivity (Wildman–Crippen MR) is 72.4 cm³/mol. The van der Waals surface area contributed by atoms with E-state index in [1.807, 2.05) is 0 Å². The largest absolute Gasteiger partial charge is 0.435 e. The first-order valence-electron chi connectivity index (χ1n) is 6.82. The van der Waals surface area contributed by atoms with Crippen molar-refractivity contribution in [1.29, 1.82) is 0 Å². The molecular weight excluding hydrogens is 280 g/mol. The normalized spacial score (nSPS) is 18.1. The first kappa shape index (κ1) is 15.4. The summed E-state index contributed by atoms with van der Waals surface area (Å²) in [7, 11) is 0. The summed E-state index contributed by atoms with van der Waals surface area (Å²) in [4.78, 5) is 25.3. The molecule has 0 spiro atoms. The van der Waals surface area contributed by atoms with E-state index in [0.717, 1.165) is 12.8 Å². The second-order valence-electron chi connectivity index (χ2n) is 5.11. The lowest BCUT2D eigenvalue weighted by Gasteiger charge is -2.24. The second kappa shape index (κ2) is 6.65. The Balaban J connectivity index is 2.13. The van der Waals surface area contributed by atoms with Gasteiger partial charge < -0.3 is 9.64 Å². The van der Waals surface area contributed by atoms with Crippen molar-refractivity contribution >= 4 is 11.7 Å². The third-order valence-electron chi connectivity index (χ3n) is 3.47. The summed E-state index contributed by atoms with van der Waals surface area (Å²) in [6.45, 7) is -0.845. The standard InChI is InChI=1S/C15H17F2NO3/c1-10(19)8-12-5-3-7-18(12)14(20)11-4-2-6-13(9-11)21-15(16)17/h2,4,6,9,12,15H,3,5,7-8H2,1H3. The van der Waals surface area contributed by atoms with E-state index < -0.39 is 6.61 Å². The van der Waals surface area contributed by atoms with Gasteiger partial charge >= 0.3 is 6.61 Å². The summed E-state index contributed by atoms with van der Waals surface area (Å²) < 4.78 is 28.7. The molecule has 0 bridgehead atoms. The van der Waals surface area contributed by atoms with Crippen LogP contribution >= 0.6 is 0 Å². The van der Waals surface area contributed by atoms with Crippen LogP contribution in [-0.4, -0.2) is 35.8 Å². The number of Topliss-reactive ketones (excluding diaryl/α,β-unsaturated/α-hetero) is 1. The molecule has 0 aromatic heterocycles. The lowest BCUT2D eigenvalue weighted by molar-refractivity contribution is -0.117. The number of alkyl halides is 2. The maximum atomic E-state index is 12.4. The van der Waals surface area contributed by atoms with E-state index in [1.54, 1.807) is 11.0 Å². The minimum absolute atomic E-state index is 0.0366. The van der Waals surface area contributed by atoms with Gasteiger partial charge in [0, 0.05) is 24.6 Å². The molecule has 1 fully saturated rings. The van der Waals surface area contributed by atoms with Gasteiger partial charge in [0.1, 0.15) is 11.5 Å². The minimum Gasteiger partial charge on any atom is -0.435 e. The zero-order valence-electron chi connectivity index (χ0n) is 11.7. The van der Waals surface area contributed by atoms with Crippen molar-refractivity contribution in [3.8, 4) is 5.75 Å². The molecule has 4 nitrogen and oxygen atoms in total. The average molecular weight is 297 g/mol. The van der Waals surface area contributed by atoms with Gasteiger partial charge in [-0.15, -0.1) is 0 Å². The van der Waals surface area contributed by atoms with Crippen molar-refractivity contribution in [3.63, 3.8) is 0 Å². The molecule has 1 aliphatic heterocycles. The third kappa shape index (κ3) is 4.00. The van der Waals surface area contributed by atoms with Crippen LogP contribution in [0.25, 0.3) is 0 Å². The summed E-state index contributed by atoms with van der Waals surface area (Å²) in [5.74, 6) is -0.258. The van der Waals surface area contributed by atoms with Crippen LogP contribution in [0.4, 0.5) is 8.78 Å². The fourth-order valence-corrected chi connectivity index (χ4v) is 2.62. The molecule has 0 saturated carbocycles. The number of hydrogen-bond donors (Lipinski definition) is 0. The molecule has 1 heterocycles. The van der Waals surface area contributed by atoms with Crippen molar-refractivity contribution in [3.05, 3.63) is 29.8 Å². The van der Waals surface area contributed by atoms with E-state index in [9.17, 15) is 18.4 Å². The Bertz CT molecular complexity index is 533. The second-order valence-corrected chi connectivity index (χ2v) is 5.11. The molecule has 1 saturated heterocycles. The molecule has 21 heavy (non-hydrogen) atoms. The van der Waals surface area contributed by atoms with Crippen molar-refractivity contribution in [2.24, 2.45) is 0 Å². The quantitative estimate of drug-likeness (QED) is 0.839. The Morgan fingerprint density at radius 2 is 2.19 bits per heavy atom. The molecule has 1 atom stereocenters. The van der Waals surface area contributed by atoms with E-state index in [4.69, 9.17) is 0 Å². The van der Waals surface area contributed by atoms with Crippen LogP contribution in [0.1, 0.15) is 36.5 Å². The Morgan fingerprint density at radius 1 is 1.43 bits per heavy atom. The highest BCUT2D eigenvalue weighted by molar-refractivity contribution is 5.95. The SMILES string of the molecule is CC(=O)CC1CCCN1C(=O)c1cccc(OC(F)F)c1. The number of carbonyl (C=O) groups excluding carboxylic acids is 2. The number of ketones is 1. The molecule has 1 amide bonds. The van der Waals surface area contributed by atoms with Crippen LogP contribution in [0, 0.1) is 0 Å². The maximum Gasteiger partial charge on any atom is 0.387 e. The molecule has 2 rings (SSSR count). The number of rotatable bonds is 5.